The molecule has 0 saturated carbocycles. The highest BCUT2D eigenvalue weighted by molar-refractivity contribution is 7.22. The fraction of sp³-hybridized carbons (Fsp3) is 0.222. The highest BCUT2D eigenvalue weighted by Crippen LogP contribution is 2.31. The summed E-state index contributed by atoms with van der Waals surface area (Å²) in [5.74, 6) is 0.0984. The van der Waals surface area contributed by atoms with Crippen molar-refractivity contribution in [2.75, 3.05) is 14.1 Å². The number of halogens is 1. The number of nitrogens with one attached hydrogen (secondary N) is 2. The van der Waals surface area contributed by atoms with Crippen molar-refractivity contribution in [2.24, 2.45) is 0 Å². The first-order chi connectivity index (χ1) is 12.4. The second kappa shape index (κ2) is 7.80. The number of aromatic amines is 1. The normalized spacial score (nSPS) is 12.0. The van der Waals surface area contributed by atoms with Gasteiger partial charge in [0.2, 0.25) is 11.8 Å². The maximum Gasteiger partial charge on any atom is 0.414 e. The molecule has 0 radical (unpaired) electrons. The molecule has 2 heterocycles. The number of aromatic nitrogens is 1. The second-order valence-electron chi connectivity index (χ2n) is 5.98. The standard InChI is InChI=1S/C18H18ClN3O3S/c1-22(2)17(23)13(8-11-6-4-3-5-7-11)20-18(24)25-15-10-12-9-14(19)26-16(12)21-15/h3-7,9-10,13,21H,8H2,1-2H3,(H,20,24)/t13-/m0/s1. The molecule has 2 N–H and O–H groups in total. The Balaban J connectivity index is 1.69. The summed E-state index contributed by atoms with van der Waals surface area (Å²) in [6, 6.07) is 12.3. The predicted octanol–water partition coefficient (Wildman–Crippen LogP) is 3.67. The number of carbonyl (C=O) groups is 2. The van der Waals surface area contributed by atoms with Gasteiger partial charge in [0.05, 0.1) is 4.34 Å². The highest BCUT2D eigenvalue weighted by atomic mass is 35.5. The fourth-order valence-corrected chi connectivity index (χ4v) is 3.67. The van der Waals surface area contributed by atoms with Crippen molar-refractivity contribution in [1.82, 2.24) is 15.2 Å². The summed E-state index contributed by atoms with van der Waals surface area (Å²) in [5, 5.41) is 3.52. The summed E-state index contributed by atoms with van der Waals surface area (Å²) in [4.78, 5) is 29.9. The molecule has 2 amide bonds. The molecule has 26 heavy (non-hydrogen) atoms. The summed E-state index contributed by atoms with van der Waals surface area (Å²) < 4.78 is 5.94. The molecule has 6 nitrogen and oxygen atoms in total. The van der Waals surface area contributed by atoms with Crippen LogP contribution in [0.3, 0.4) is 0 Å². The number of amides is 2. The van der Waals surface area contributed by atoms with E-state index in [1.807, 2.05) is 30.3 Å². The minimum atomic E-state index is -0.717. The molecule has 0 spiro atoms. The number of rotatable bonds is 5. The summed E-state index contributed by atoms with van der Waals surface area (Å²) in [6.45, 7) is 0. The van der Waals surface area contributed by atoms with Gasteiger partial charge in [-0.1, -0.05) is 41.9 Å². The number of H-pyrrole nitrogens is 1. The Morgan fingerprint density at radius 3 is 2.65 bits per heavy atom. The Labute approximate surface area is 159 Å². The zero-order valence-electron chi connectivity index (χ0n) is 14.3. The van der Waals surface area contributed by atoms with Crippen LogP contribution in [0.2, 0.25) is 4.34 Å². The molecule has 8 heteroatoms. The van der Waals surface area contributed by atoms with Crippen molar-refractivity contribution < 1.29 is 14.3 Å². The topological polar surface area (TPSA) is 74.4 Å². The van der Waals surface area contributed by atoms with Crippen molar-refractivity contribution in [3.05, 3.63) is 52.4 Å². The van der Waals surface area contributed by atoms with Gasteiger partial charge < -0.3 is 19.9 Å². The third-order valence-corrected chi connectivity index (χ3v) is 4.97. The van der Waals surface area contributed by atoms with Gasteiger partial charge in [-0.3, -0.25) is 4.79 Å². The van der Waals surface area contributed by atoms with Crippen LogP contribution in [-0.4, -0.2) is 42.0 Å². The van der Waals surface area contributed by atoms with Crippen LogP contribution in [0, 0.1) is 0 Å². The Kier molecular flexibility index (Phi) is 5.49. The molecule has 3 aromatic rings. The fourth-order valence-electron chi connectivity index (χ4n) is 2.56. The summed E-state index contributed by atoms with van der Waals surface area (Å²) in [7, 11) is 3.30. The van der Waals surface area contributed by atoms with Crippen molar-refractivity contribution in [2.45, 2.75) is 12.5 Å². The van der Waals surface area contributed by atoms with E-state index < -0.39 is 12.1 Å². The Morgan fingerprint density at radius 1 is 1.27 bits per heavy atom. The number of fused-ring (bicyclic) bond motifs is 1. The lowest BCUT2D eigenvalue weighted by Crippen LogP contribution is -2.48. The van der Waals surface area contributed by atoms with Crippen molar-refractivity contribution >= 4 is 45.2 Å². The van der Waals surface area contributed by atoms with E-state index in [9.17, 15) is 9.59 Å². The molecular formula is C18H18ClN3O3S. The highest BCUT2D eigenvalue weighted by Gasteiger charge is 2.24. The average molecular weight is 392 g/mol. The molecular weight excluding hydrogens is 374 g/mol. The van der Waals surface area contributed by atoms with Crippen molar-refractivity contribution in [3.63, 3.8) is 0 Å². The first-order valence-electron chi connectivity index (χ1n) is 7.94. The number of nitrogens with zero attached hydrogens (tertiary/aromatic N) is 1. The quantitative estimate of drug-likeness (QED) is 0.696. The summed E-state index contributed by atoms with van der Waals surface area (Å²) >= 11 is 7.29. The first kappa shape index (κ1) is 18.3. The van der Waals surface area contributed by atoms with Crippen molar-refractivity contribution in [1.29, 1.82) is 0 Å². The Bertz CT molecular complexity index is 889. The van der Waals surface area contributed by atoms with E-state index in [0.717, 1.165) is 15.8 Å². The smallest absolute Gasteiger partial charge is 0.393 e. The van der Waals surface area contributed by atoms with Crippen LogP contribution < -0.4 is 10.1 Å². The lowest BCUT2D eigenvalue weighted by atomic mass is 10.1. The van der Waals surface area contributed by atoms with E-state index in [4.69, 9.17) is 16.3 Å². The maximum atomic E-state index is 12.4. The average Bonchev–Trinajstić information content (AvgIpc) is 3.10. The molecule has 0 bridgehead atoms. The van der Waals surface area contributed by atoms with Gasteiger partial charge in [0, 0.05) is 32.0 Å². The summed E-state index contributed by atoms with van der Waals surface area (Å²) in [6.07, 6.45) is -0.316. The van der Waals surface area contributed by atoms with Gasteiger partial charge in [0.1, 0.15) is 10.9 Å². The third-order valence-electron chi connectivity index (χ3n) is 3.77. The monoisotopic (exact) mass is 391 g/mol. The predicted molar refractivity (Wildman–Crippen MR) is 103 cm³/mol. The van der Waals surface area contributed by atoms with E-state index in [1.54, 1.807) is 26.2 Å². The van der Waals surface area contributed by atoms with Crippen molar-refractivity contribution in [3.8, 4) is 5.88 Å². The minimum absolute atomic E-state index is 0.204. The number of benzene rings is 1. The number of hydrogen-bond donors (Lipinski definition) is 2. The zero-order chi connectivity index (χ0) is 18.7. The van der Waals surface area contributed by atoms with E-state index in [1.165, 1.54) is 16.2 Å². The number of ether oxygens (including phenoxy) is 1. The van der Waals surface area contributed by atoms with Gasteiger partial charge in [-0.05, 0) is 11.6 Å². The minimum Gasteiger partial charge on any atom is -0.393 e. The number of likely N-dealkylation sites (N-methyl/N-ethyl adjacent to an activating group) is 1. The van der Waals surface area contributed by atoms with Gasteiger partial charge in [0.15, 0.2) is 0 Å². The largest absolute Gasteiger partial charge is 0.414 e. The van der Waals surface area contributed by atoms with Gasteiger partial charge in [0.25, 0.3) is 0 Å². The maximum absolute atomic E-state index is 12.4. The Hall–Kier alpha value is -2.51. The molecule has 0 fully saturated rings. The Morgan fingerprint density at radius 2 is 2.00 bits per heavy atom. The molecule has 0 saturated heterocycles. The van der Waals surface area contributed by atoms with E-state index in [0.29, 0.717) is 16.6 Å². The van der Waals surface area contributed by atoms with Gasteiger partial charge in [-0.25, -0.2) is 4.79 Å². The lowest BCUT2D eigenvalue weighted by Gasteiger charge is -2.21. The number of hydrogen-bond acceptors (Lipinski definition) is 4. The lowest BCUT2D eigenvalue weighted by molar-refractivity contribution is -0.130. The molecule has 0 aliphatic rings. The van der Waals surface area contributed by atoms with Gasteiger partial charge in [-0.2, -0.15) is 0 Å². The van der Waals surface area contributed by atoms with Crippen LogP contribution in [0.1, 0.15) is 5.56 Å². The molecule has 136 valence electrons. The van der Waals surface area contributed by atoms with E-state index in [-0.39, 0.29) is 5.91 Å². The van der Waals surface area contributed by atoms with Crippen LogP contribution in [0.4, 0.5) is 4.79 Å². The van der Waals surface area contributed by atoms with Gasteiger partial charge in [-0.15, -0.1) is 11.3 Å². The van der Waals surface area contributed by atoms with E-state index >= 15 is 0 Å². The SMILES string of the molecule is CN(C)C(=O)[C@H](Cc1ccccc1)NC(=O)Oc1cc2cc(Cl)sc2[nH]1. The van der Waals surface area contributed by atoms with Crippen LogP contribution in [0.25, 0.3) is 10.2 Å². The van der Waals surface area contributed by atoms with Gasteiger partial charge >= 0.3 is 6.09 Å². The molecule has 1 aromatic carbocycles. The second-order valence-corrected chi connectivity index (χ2v) is 7.66. The van der Waals surface area contributed by atoms with Crippen LogP contribution >= 0.6 is 22.9 Å². The molecule has 0 aliphatic carbocycles. The molecule has 0 aliphatic heterocycles. The number of carbonyl (C=O) groups excluding carboxylic acids is 2. The molecule has 2 aromatic heterocycles. The zero-order valence-corrected chi connectivity index (χ0v) is 15.9. The first-order valence-corrected chi connectivity index (χ1v) is 9.13. The summed E-state index contributed by atoms with van der Waals surface area (Å²) in [5.41, 5.74) is 0.947. The van der Waals surface area contributed by atoms with Crippen LogP contribution in [-0.2, 0) is 11.2 Å². The molecule has 1 atom stereocenters. The van der Waals surface area contributed by atoms with Crippen LogP contribution in [0.15, 0.2) is 42.5 Å². The molecule has 0 unspecified atom stereocenters. The number of thiophene rings is 1. The third kappa shape index (κ3) is 4.36. The van der Waals surface area contributed by atoms with Crippen LogP contribution in [0.5, 0.6) is 5.88 Å². The molecule has 3 rings (SSSR count). The van der Waals surface area contributed by atoms with E-state index in [2.05, 4.69) is 10.3 Å².